The van der Waals surface area contributed by atoms with E-state index >= 15 is 0 Å². The molecule has 0 amide bonds. The van der Waals surface area contributed by atoms with Crippen LogP contribution in [0.2, 0.25) is 5.02 Å². The van der Waals surface area contributed by atoms with Gasteiger partial charge in [0.05, 0.1) is 28.8 Å². The number of pyridine rings is 1. The van der Waals surface area contributed by atoms with Crippen molar-refractivity contribution in [2.75, 3.05) is 30.0 Å². The summed E-state index contributed by atoms with van der Waals surface area (Å²) < 4.78 is 6.37. The van der Waals surface area contributed by atoms with Gasteiger partial charge in [0.1, 0.15) is 5.82 Å². The molecule has 3 nitrogen and oxygen atoms in total. The van der Waals surface area contributed by atoms with Gasteiger partial charge >= 0.3 is 0 Å². The summed E-state index contributed by atoms with van der Waals surface area (Å²) >= 11 is 12.9. The molecule has 0 saturated carbocycles. The third-order valence-corrected chi connectivity index (χ3v) is 4.00. The summed E-state index contributed by atoms with van der Waals surface area (Å²) in [6.07, 6.45) is 1.67. The minimum absolute atomic E-state index is 0.318. The van der Waals surface area contributed by atoms with Crippen LogP contribution in [0.3, 0.4) is 0 Å². The van der Waals surface area contributed by atoms with Gasteiger partial charge in [0, 0.05) is 18.1 Å². The molecule has 1 unspecified atom stereocenters. The van der Waals surface area contributed by atoms with E-state index in [1.54, 1.807) is 6.20 Å². The summed E-state index contributed by atoms with van der Waals surface area (Å²) in [5.41, 5.74) is 0. The molecule has 1 saturated heterocycles. The third kappa shape index (κ3) is 2.70. The van der Waals surface area contributed by atoms with Crippen LogP contribution in [0.15, 0.2) is 16.7 Å². The average Bonchev–Trinajstić information content (AvgIpc) is 2.29. The first-order valence-corrected chi connectivity index (χ1v) is 7.23. The molecule has 0 N–H and O–H groups in total. The molecule has 6 heteroatoms. The first kappa shape index (κ1) is 12.6. The summed E-state index contributed by atoms with van der Waals surface area (Å²) in [4.78, 5) is 6.61. The zero-order chi connectivity index (χ0) is 11.5. The van der Waals surface area contributed by atoms with Gasteiger partial charge < -0.3 is 9.64 Å². The molecule has 1 aromatic rings. The Kier molecular flexibility index (Phi) is 4.47. The van der Waals surface area contributed by atoms with Crippen LogP contribution in [-0.2, 0) is 4.74 Å². The summed E-state index contributed by atoms with van der Waals surface area (Å²) in [5, 5.41) is 1.50. The van der Waals surface area contributed by atoms with E-state index < -0.39 is 0 Å². The van der Waals surface area contributed by atoms with Gasteiger partial charge in [0.2, 0.25) is 0 Å². The number of nitrogens with zero attached hydrogens (tertiary/aromatic N) is 2. The summed E-state index contributed by atoms with van der Waals surface area (Å²) in [5.74, 6) is 0.928. The lowest BCUT2D eigenvalue weighted by molar-refractivity contribution is 0.0999. The van der Waals surface area contributed by atoms with Crippen LogP contribution in [0, 0.1) is 0 Å². The number of aromatic nitrogens is 1. The van der Waals surface area contributed by atoms with Crippen LogP contribution in [0.5, 0.6) is 0 Å². The molecule has 1 fully saturated rings. The Labute approximate surface area is 116 Å². The van der Waals surface area contributed by atoms with E-state index in [4.69, 9.17) is 16.3 Å². The number of alkyl halides is 1. The van der Waals surface area contributed by atoms with Crippen molar-refractivity contribution in [3.63, 3.8) is 0 Å². The van der Waals surface area contributed by atoms with E-state index in [1.807, 2.05) is 6.07 Å². The Morgan fingerprint density at radius 2 is 2.44 bits per heavy atom. The molecular formula is C10H11Br2ClN2O. The zero-order valence-corrected chi connectivity index (χ0v) is 12.4. The van der Waals surface area contributed by atoms with Gasteiger partial charge in [-0.1, -0.05) is 27.5 Å². The van der Waals surface area contributed by atoms with Crippen molar-refractivity contribution >= 4 is 49.3 Å². The summed E-state index contributed by atoms with van der Waals surface area (Å²) in [6.45, 7) is 2.31. The highest BCUT2D eigenvalue weighted by Gasteiger charge is 2.24. The second-order valence-corrected chi connectivity index (χ2v) is 5.47. The Balaban J connectivity index is 2.27. The maximum atomic E-state index is 5.88. The molecule has 1 atom stereocenters. The molecule has 0 spiro atoms. The van der Waals surface area contributed by atoms with E-state index in [2.05, 4.69) is 41.7 Å². The minimum atomic E-state index is 0.318. The molecule has 88 valence electrons. The molecule has 16 heavy (non-hydrogen) atoms. The van der Waals surface area contributed by atoms with Crippen molar-refractivity contribution in [3.05, 3.63) is 21.8 Å². The average molecular weight is 370 g/mol. The van der Waals surface area contributed by atoms with E-state index in [9.17, 15) is 0 Å². The number of hydrogen-bond donors (Lipinski definition) is 0. The molecule has 2 heterocycles. The van der Waals surface area contributed by atoms with Gasteiger partial charge in [0.25, 0.3) is 0 Å². The third-order valence-electron chi connectivity index (χ3n) is 2.47. The van der Waals surface area contributed by atoms with Gasteiger partial charge in [0.15, 0.2) is 0 Å². The molecule has 1 aromatic heterocycles. The van der Waals surface area contributed by atoms with E-state index in [-0.39, 0.29) is 0 Å². The molecular weight excluding hydrogens is 359 g/mol. The zero-order valence-electron chi connectivity index (χ0n) is 8.50. The van der Waals surface area contributed by atoms with Crippen LogP contribution >= 0.6 is 43.5 Å². The van der Waals surface area contributed by atoms with Crippen LogP contribution in [0.25, 0.3) is 0 Å². The summed E-state index contributed by atoms with van der Waals surface area (Å²) in [7, 11) is 0. The lowest BCUT2D eigenvalue weighted by Crippen LogP contribution is -2.47. The minimum Gasteiger partial charge on any atom is -0.377 e. The molecule has 0 aliphatic carbocycles. The lowest BCUT2D eigenvalue weighted by Gasteiger charge is -2.36. The quantitative estimate of drug-likeness (QED) is 0.748. The van der Waals surface area contributed by atoms with E-state index in [1.165, 1.54) is 0 Å². The Bertz CT molecular complexity index is 378. The number of rotatable bonds is 2. The van der Waals surface area contributed by atoms with Gasteiger partial charge in [-0.05, 0) is 22.0 Å². The van der Waals surface area contributed by atoms with Gasteiger partial charge in [-0.3, -0.25) is 0 Å². The highest BCUT2D eigenvalue weighted by atomic mass is 79.9. The fourth-order valence-corrected chi connectivity index (χ4v) is 3.08. The Morgan fingerprint density at radius 3 is 3.12 bits per heavy atom. The molecule has 1 aliphatic heterocycles. The van der Waals surface area contributed by atoms with E-state index in [0.29, 0.717) is 11.1 Å². The number of ether oxygens (including phenoxy) is 1. The predicted molar refractivity (Wildman–Crippen MR) is 72.7 cm³/mol. The molecule has 1 aliphatic rings. The Morgan fingerprint density at radius 1 is 1.62 bits per heavy atom. The monoisotopic (exact) mass is 368 g/mol. The highest BCUT2D eigenvalue weighted by molar-refractivity contribution is 9.10. The number of anilines is 1. The number of morpholine rings is 1. The van der Waals surface area contributed by atoms with Crippen molar-refractivity contribution in [1.29, 1.82) is 0 Å². The smallest absolute Gasteiger partial charge is 0.143 e. The van der Waals surface area contributed by atoms with Crippen molar-refractivity contribution < 1.29 is 4.74 Å². The SMILES string of the molecule is Clc1cnc(N2CCOCC2CBr)c(Br)c1. The van der Waals surface area contributed by atoms with Gasteiger partial charge in [-0.15, -0.1) is 0 Å². The van der Waals surface area contributed by atoms with E-state index in [0.717, 1.165) is 35.4 Å². The largest absolute Gasteiger partial charge is 0.377 e. The van der Waals surface area contributed by atoms with Crippen molar-refractivity contribution in [1.82, 2.24) is 4.98 Å². The lowest BCUT2D eigenvalue weighted by atomic mass is 10.2. The topological polar surface area (TPSA) is 25.4 Å². The van der Waals surface area contributed by atoms with Crippen LogP contribution in [0.4, 0.5) is 5.82 Å². The number of hydrogen-bond acceptors (Lipinski definition) is 3. The standard InChI is InChI=1S/C10H11Br2ClN2O/c11-4-8-6-16-2-1-15(8)10-9(12)3-7(13)5-14-10/h3,5,8H,1-2,4,6H2. The molecule has 0 bridgehead atoms. The maximum absolute atomic E-state index is 5.88. The molecule has 0 aromatic carbocycles. The molecule has 0 radical (unpaired) electrons. The highest BCUT2D eigenvalue weighted by Crippen LogP contribution is 2.29. The fourth-order valence-electron chi connectivity index (χ4n) is 1.68. The van der Waals surface area contributed by atoms with Gasteiger partial charge in [-0.25, -0.2) is 4.98 Å². The number of halogens is 3. The second kappa shape index (κ2) is 5.67. The predicted octanol–water partition coefficient (Wildman–Crippen LogP) is 3.10. The Hall–Kier alpha value is 0.160. The first-order chi connectivity index (χ1) is 7.72. The van der Waals surface area contributed by atoms with Crippen molar-refractivity contribution in [2.24, 2.45) is 0 Å². The van der Waals surface area contributed by atoms with Crippen molar-refractivity contribution in [2.45, 2.75) is 6.04 Å². The molecule has 2 rings (SSSR count). The van der Waals surface area contributed by atoms with Crippen LogP contribution < -0.4 is 4.90 Å². The first-order valence-electron chi connectivity index (χ1n) is 4.93. The summed E-state index contributed by atoms with van der Waals surface area (Å²) in [6, 6.07) is 2.18. The second-order valence-electron chi connectivity index (χ2n) is 3.54. The van der Waals surface area contributed by atoms with Crippen molar-refractivity contribution in [3.8, 4) is 0 Å². The maximum Gasteiger partial charge on any atom is 0.143 e. The van der Waals surface area contributed by atoms with Crippen LogP contribution in [-0.4, -0.2) is 36.1 Å². The van der Waals surface area contributed by atoms with Crippen LogP contribution in [0.1, 0.15) is 0 Å². The van der Waals surface area contributed by atoms with Gasteiger partial charge in [-0.2, -0.15) is 0 Å². The normalized spacial score (nSPS) is 21.2. The fraction of sp³-hybridized carbons (Fsp3) is 0.500.